The SMILES string of the molecule is N[C@H](CCO)c1ccc2c(c1)CCO2. The molecule has 0 fully saturated rings. The lowest BCUT2D eigenvalue weighted by atomic mass is 10.0. The van der Waals surface area contributed by atoms with Crippen LogP contribution in [0.5, 0.6) is 5.75 Å². The van der Waals surface area contributed by atoms with Crippen molar-refractivity contribution in [3.8, 4) is 5.75 Å². The Morgan fingerprint density at radius 3 is 3.14 bits per heavy atom. The predicted molar refractivity (Wildman–Crippen MR) is 54.3 cm³/mol. The lowest BCUT2D eigenvalue weighted by molar-refractivity contribution is 0.276. The maximum absolute atomic E-state index is 8.79. The van der Waals surface area contributed by atoms with E-state index in [2.05, 4.69) is 6.07 Å². The molecule has 0 spiro atoms. The minimum atomic E-state index is -0.0640. The van der Waals surface area contributed by atoms with E-state index in [1.54, 1.807) is 0 Å². The first kappa shape index (κ1) is 9.49. The molecule has 2 rings (SSSR count). The van der Waals surface area contributed by atoms with Crippen molar-refractivity contribution >= 4 is 0 Å². The fraction of sp³-hybridized carbons (Fsp3) is 0.455. The average molecular weight is 193 g/mol. The number of ether oxygens (including phenoxy) is 1. The summed E-state index contributed by atoms with van der Waals surface area (Å²) in [7, 11) is 0. The minimum Gasteiger partial charge on any atom is -0.493 e. The van der Waals surface area contributed by atoms with Crippen LogP contribution in [0.1, 0.15) is 23.6 Å². The van der Waals surface area contributed by atoms with Crippen LogP contribution in [0.15, 0.2) is 18.2 Å². The van der Waals surface area contributed by atoms with Gasteiger partial charge in [-0.05, 0) is 23.6 Å². The summed E-state index contributed by atoms with van der Waals surface area (Å²) in [5, 5.41) is 8.79. The molecule has 1 aromatic rings. The van der Waals surface area contributed by atoms with Crippen LogP contribution in [0.2, 0.25) is 0 Å². The van der Waals surface area contributed by atoms with Gasteiger partial charge >= 0.3 is 0 Å². The molecular formula is C11H15NO2. The highest BCUT2D eigenvalue weighted by Crippen LogP contribution is 2.28. The van der Waals surface area contributed by atoms with E-state index in [4.69, 9.17) is 15.6 Å². The van der Waals surface area contributed by atoms with E-state index in [0.29, 0.717) is 6.42 Å². The fourth-order valence-corrected chi connectivity index (χ4v) is 1.74. The molecule has 76 valence electrons. The summed E-state index contributed by atoms with van der Waals surface area (Å²) >= 11 is 0. The molecule has 0 saturated carbocycles. The Morgan fingerprint density at radius 1 is 1.50 bits per heavy atom. The summed E-state index contributed by atoms with van der Waals surface area (Å²) in [5.74, 6) is 0.977. The zero-order valence-electron chi connectivity index (χ0n) is 8.07. The van der Waals surface area contributed by atoms with E-state index in [-0.39, 0.29) is 12.6 Å². The second kappa shape index (κ2) is 3.98. The molecule has 3 N–H and O–H groups in total. The highest BCUT2D eigenvalue weighted by atomic mass is 16.5. The normalized spacial score (nSPS) is 16.1. The first-order valence-electron chi connectivity index (χ1n) is 4.93. The number of rotatable bonds is 3. The number of aliphatic hydroxyl groups excluding tert-OH is 1. The van der Waals surface area contributed by atoms with E-state index in [9.17, 15) is 0 Å². The van der Waals surface area contributed by atoms with E-state index < -0.39 is 0 Å². The molecule has 1 atom stereocenters. The van der Waals surface area contributed by atoms with E-state index in [1.165, 1.54) is 5.56 Å². The van der Waals surface area contributed by atoms with Gasteiger partial charge in [-0.15, -0.1) is 0 Å². The molecule has 3 nitrogen and oxygen atoms in total. The second-order valence-corrected chi connectivity index (χ2v) is 3.58. The number of hydrogen-bond donors (Lipinski definition) is 2. The van der Waals surface area contributed by atoms with Crippen molar-refractivity contribution in [2.24, 2.45) is 5.73 Å². The van der Waals surface area contributed by atoms with Gasteiger partial charge in [-0.2, -0.15) is 0 Å². The Balaban J connectivity index is 2.19. The zero-order chi connectivity index (χ0) is 9.97. The van der Waals surface area contributed by atoms with Gasteiger partial charge in [0.05, 0.1) is 6.61 Å². The van der Waals surface area contributed by atoms with Crippen molar-refractivity contribution in [1.82, 2.24) is 0 Å². The lowest BCUT2D eigenvalue weighted by Crippen LogP contribution is -2.11. The Hall–Kier alpha value is -1.06. The highest BCUT2D eigenvalue weighted by Gasteiger charge is 2.14. The van der Waals surface area contributed by atoms with E-state index in [0.717, 1.165) is 24.3 Å². The van der Waals surface area contributed by atoms with Gasteiger partial charge in [-0.3, -0.25) is 0 Å². The third-order valence-electron chi connectivity index (χ3n) is 2.58. The number of nitrogens with two attached hydrogens (primary N) is 1. The maximum atomic E-state index is 8.79. The maximum Gasteiger partial charge on any atom is 0.122 e. The van der Waals surface area contributed by atoms with Crippen molar-refractivity contribution in [3.63, 3.8) is 0 Å². The number of hydrogen-bond acceptors (Lipinski definition) is 3. The van der Waals surface area contributed by atoms with Crippen LogP contribution in [-0.4, -0.2) is 18.3 Å². The van der Waals surface area contributed by atoms with Gasteiger partial charge in [0.25, 0.3) is 0 Å². The molecule has 0 aliphatic carbocycles. The highest BCUT2D eigenvalue weighted by molar-refractivity contribution is 5.40. The Labute approximate surface area is 83.5 Å². The predicted octanol–water partition coefficient (Wildman–Crippen LogP) is 1.00. The van der Waals surface area contributed by atoms with Crippen LogP contribution in [0, 0.1) is 0 Å². The minimum absolute atomic E-state index is 0.0640. The molecule has 1 aromatic carbocycles. The Morgan fingerprint density at radius 2 is 2.36 bits per heavy atom. The van der Waals surface area contributed by atoms with Crippen molar-refractivity contribution in [2.45, 2.75) is 18.9 Å². The molecule has 1 aliphatic heterocycles. The van der Waals surface area contributed by atoms with Crippen LogP contribution < -0.4 is 10.5 Å². The largest absolute Gasteiger partial charge is 0.493 e. The van der Waals surface area contributed by atoms with Crippen LogP contribution in [-0.2, 0) is 6.42 Å². The average Bonchev–Trinajstić information content (AvgIpc) is 2.64. The Kier molecular flexibility index (Phi) is 2.70. The summed E-state index contributed by atoms with van der Waals surface area (Å²) in [6, 6.07) is 5.97. The first-order valence-corrected chi connectivity index (χ1v) is 4.93. The molecular weight excluding hydrogens is 178 g/mol. The van der Waals surface area contributed by atoms with Crippen molar-refractivity contribution in [1.29, 1.82) is 0 Å². The molecule has 0 aromatic heterocycles. The van der Waals surface area contributed by atoms with Crippen LogP contribution in [0.25, 0.3) is 0 Å². The number of aliphatic hydroxyl groups is 1. The molecule has 1 aliphatic rings. The third-order valence-corrected chi connectivity index (χ3v) is 2.58. The third kappa shape index (κ3) is 1.74. The fourth-order valence-electron chi connectivity index (χ4n) is 1.74. The number of benzene rings is 1. The quantitative estimate of drug-likeness (QED) is 0.753. The smallest absolute Gasteiger partial charge is 0.122 e. The molecule has 0 bridgehead atoms. The summed E-state index contributed by atoms with van der Waals surface area (Å²) in [4.78, 5) is 0. The van der Waals surface area contributed by atoms with Gasteiger partial charge in [0.1, 0.15) is 5.75 Å². The van der Waals surface area contributed by atoms with Gasteiger partial charge < -0.3 is 15.6 Å². The van der Waals surface area contributed by atoms with Gasteiger partial charge in [0.15, 0.2) is 0 Å². The molecule has 3 heteroatoms. The van der Waals surface area contributed by atoms with Crippen molar-refractivity contribution < 1.29 is 9.84 Å². The van der Waals surface area contributed by atoms with Crippen LogP contribution in [0.4, 0.5) is 0 Å². The Bertz CT molecular complexity index is 325. The van der Waals surface area contributed by atoms with Crippen molar-refractivity contribution in [3.05, 3.63) is 29.3 Å². The van der Waals surface area contributed by atoms with Crippen LogP contribution >= 0.6 is 0 Å². The summed E-state index contributed by atoms with van der Waals surface area (Å²) in [6.45, 7) is 0.906. The second-order valence-electron chi connectivity index (χ2n) is 3.58. The molecule has 0 radical (unpaired) electrons. The summed E-state index contributed by atoms with van der Waals surface area (Å²) in [6.07, 6.45) is 1.58. The molecule has 14 heavy (non-hydrogen) atoms. The van der Waals surface area contributed by atoms with Gasteiger partial charge in [0.2, 0.25) is 0 Å². The van der Waals surface area contributed by atoms with E-state index in [1.807, 2.05) is 12.1 Å². The van der Waals surface area contributed by atoms with Crippen LogP contribution in [0.3, 0.4) is 0 Å². The lowest BCUT2D eigenvalue weighted by Gasteiger charge is -2.11. The molecule has 0 saturated heterocycles. The van der Waals surface area contributed by atoms with Gasteiger partial charge in [-0.1, -0.05) is 12.1 Å². The monoisotopic (exact) mass is 193 g/mol. The van der Waals surface area contributed by atoms with Gasteiger partial charge in [-0.25, -0.2) is 0 Å². The summed E-state index contributed by atoms with van der Waals surface area (Å²) in [5.41, 5.74) is 8.22. The first-order chi connectivity index (χ1) is 6.81. The standard InChI is InChI=1S/C11H15NO2/c12-10(3-5-13)8-1-2-11-9(7-8)4-6-14-11/h1-2,7,10,13H,3-6,12H2/t10-/m1/s1. The van der Waals surface area contributed by atoms with Gasteiger partial charge in [0, 0.05) is 19.1 Å². The van der Waals surface area contributed by atoms with E-state index >= 15 is 0 Å². The number of fused-ring (bicyclic) bond motifs is 1. The molecule has 0 unspecified atom stereocenters. The summed E-state index contributed by atoms with van der Waals surface area (Å²) < 4.78 is 5.40. The zero-order valence-corrected chi connectivity index (χ0v) is 8.07. The topological polar surface area (TPSA) is 55.5 Å². The van der Waals surface area contributed by atoms with Crippen molar-refractivity contribution in [2.75, 3.05) is 13.2 Å². The molecule has 1 heterocycles. The molecule has 0 amide bonds.